The molecule has 1 aromatic carbocycles. The van der Waals surface area contributed by atoms with Gasteiger partial charge in [0.1, 0.15) is 17.7 Å². The number of halogens is 1. The topological polar surface area (TPSA) is 38.7 Å². The van der Waals surface area contributed by atoms with Crippen LogP contribution in [0.2, 0.25) is 0 Å². The first-order valence-electron chi connectivity index (χ1n) is 6.77. The highest BCUT2D eigenvalue weighted by atomic mass is 19.1. The fourth-order valence-corrected chi connectivity index (χ4v) is 2.54. The number of hydrogen-bond donors (Lipinski definition) is 1. The van der Waals surface area contributed by atoms with Gasteiger partial charge in [-0.1, -0.05) is 0 Å². The fraction of sp³-hybridized carbons (Fsp3) is 0.600. The molecule has 3 atom stereocenters. The van der Waals surface area contributed by atoms with Gasteiger partial charge in [-0.25, -0.2) is 4.39 Å². The molecular formula is C15H21FO3. The molecule has 0 saturated heterocycles. The van der Waals surface area contributed by atoms with E-state index in [1.54, 1.807) is 26.2 Å². The van der Waals surface area contributed by atoms with E-state index in [0.717, 1.165) is 25.7 Å². The van der Waals surface area contributed by atoms with Gasteiger partial charge in [0, 0.05) is 25.2 Å². The van der Waals surface area contributed by atoms with Crippen molar-refractivity contribution in [2.45, 2.75) is 50.9 Å². The Kier molecular flexibility index (Phi) is 4.77. The lowest BCUT2D eigenvalue weighted by molar-refractivity contribution is 0.0208. The maximum absolute atomic E-state index is 13.7. The monoisotopic (exact) mass is 268 g/mol. The van der Waals surface area contributed by atoms with Crippen molar-refractivity contribution in [2.75, 3.05) is 7.11 Å². The van der Waals surface area contributed by atoms with Crippen molar-refractivity contribution < 1.29 is 19.0 Å². The second kappa shape index (κ2) is 6.35. The molecule has 0 radical (unpaired) electrons. The van der Waals surface area contributed by atoms with Crippen LogP contribution in [-0.2, 0) is 4.74 Å². The van der Waals surface area contributed by atoms with Crippen molar-refractivity contribution >= 4 is 0 Å². The zero-order valence-corrected chi connectivity index (χ0v) is 11.4. The van der Waals surface area contributed by atoms with Crippen molar-refractivity contribution in [3.8, 4) is 5.75 Å². The maximum Gasteiger partial charge on any atom is 0.132 e. The third-order valence-electron chi connectivity index (χ3n) is 3.64. The summed E-state index contributed by atoms with van der Waals surface area (Å²) >= 11 is 0. The molecule has 1 aliphatic rings. The molecule has 0 bridgehead atoms. The Morgan fingerprint density at radius 2 is 2.05 bits per heavy atom. The molecule has 4 heteroatoms. The standard InChI is InChI=1S/C15H21FO3/c1-10(17)14-7-6-13(9-15(14)16)19-12-5-3-4-11(8-12)18-2/h6-7,9-12,17H,3-5,8H2,1-2H3/t10-,11?,12?/m0/s1. The SMILES string of the molecule is COC1CCCC(Oc2ccc([C@H](C)O)c(F)c2)C1. The lowest BCUT2D eigenvalue weighted by atomic mass is 9.95. The summed E-state index contributed by atoms with van der Waals surface area (Å²) in [4.78, 5) is 0. The average Bonchev–Trinajstić information content (AvgIpc) is 2.38. The highest BCUT2D eigenvalue weighted by Crippen LogP contribution is 2.27. The number of ether oxygens (including phenoxy) is 2. The minimum absolute atomic E-state index is 0.0792. The van der Waals surface area contributed by atoms with Gasteiger partial charge in [-0.05, 0) is 38.3 Å². The highest BCUT2D eigenvalue weighted by molar-refractivity contribution is 5.30. The van der Waals surface area contributed by atoms with E-state index in [0.29, 0.717) is 11.3 Å². The summed E-state index contributed by atoms with van der Waals surface area (Å²) in [6.45, 7) is 1.54. The van der Waals surface area contributed by atoms with Crippen LogP contribution >= 0.6 is 0 Å². The third-order valence-corrected chi connectivity index (χ3v) is 3.64. The Hall–Kier alpha value is -1.13. The molecule has 0 spiro atoms. The first-order chi connectivity index (χ1) is 9.10. The smallest absolute Gasteiger partial charge is 0.132 e. The summed E-state index contributed by atoms with van der Waals surface area (Å²) in [6.07, 6.45) is 3.45. The van der Waals surface area contributed by atoms with Crippen LogP contribution in [0, 0.1) is 5.82 Å². The zero-order chi connectivity index (χ0) is 13.8. The van der Waals surface area contributed by atoms with Crippen molar-refractivity contribution in [2.24, 2.45) is 0 Å². The largest absolute Gasteiger partial charge is 0.490 e. The van der Waals surface area contributed by atoms with E-state index >= 15 is 0 Å². The summed E-state index contributed by atoms with van der Waals surface area (Å²) in [7, 11) is 1.71. The number of aliphatic hydroxyl groups excluding tert-OH is 1. The van der Waals surface area contributed by atoms with Crippen LogP contribution in [0.4, 0.5) is 4.39 Å². The van der Waals surface area contributed by atoms with Crippen LogP contribution in [0.5, 0.6) is 5.75 Å². The molecule has 1 aromatic rings. The average molecular weight is 268 g/mol. The summed E-state index contributed by atoms with van der Waals surface area (Å²) < 4.78 is 24.9. The van der Waals surface area contributed by atoms with Crippen molar-refractivity contribution in [3.05, 3.63) is 29.6 Å². The minimum Gasteiger partial charge on any atom is -0.490 e. The molecule has 0 amide bonds. The van der Waals surface area contributed by atoms with Gasteiger partial charge in [0.15, 0.2) is 0 Å². The fourth-order valence-electron chi connectivity index (χ4n) is 2.54. The molecule has 1 fully saturated rings. The Bertz CT molecular complexity index is 420. The number of aliphatic hydroxyl groups is 1. The van der Waals surface area contributed by atoms with Crippen molar-refractivity contribution in [1.82, 2.24) is 0 Å². The zero-order valence-electron chi connectivity index (χ0n) is 11.4. The third kappa shape index (κ3) is 3.67. The molecule has 1 N–H and O–H groups in total. The van der Waals surface area contributed by atoms with Crippen LogP contribution in [0.15, 0.2) is 18.2 Å². The van der Waals surface area contributed by atoms with Gasteiger partial charge in [0.05, 0.1) is 12.2 Å². The van der Waals surface area contributed by atoms with E-state index in [4.69, 9.17) is 9.47 Å². The van der Waals surface area contributed by atoms with E-state index < -0.39 is 11.9 Å². The van der Waals surface area contributed by atoms with Crippen LogP contribution in [0.3, 0.4) is 0 Å². The first kappa shape index (κ1) is 14.3. The second-order valence-corrected chi connectivity index (χ2v) is 5.12. The summed E-state index contributed by atoms with van der Waals surface area (Å²) in [5, 5.41) is 9.39. The summed E-state index contributed by atoms with van der Waals surface area (Å²) in [6, 6.07) is 4.63. The van der Waals surface area contributed by atoms with Gasteiger partial charge < -0.3 is 14.6 Å². The van der Waals surface area contributed by atoms with E-state index in [2.05, 4.69) is 0 Å². The molecule has 0 aliphatic heterocycles. The number of benzene rings is 1. The molecule has 2 unspecified atom stereocenters. The lowest BCUT2D eigenvalue weighted by Gasteiger charge is -2.28. The van der Waals surface area contributed by atoms with Crippen LogP contribution < -0.4 is 4.74 Å². The van der Waals surface area contributed by atoms with Crippen LogP contribution in [-0.4, -0.2) is 24.4 Å². The molecule has 0 aromatic heterocycles. The quantitative estimate of drug-likeness (QED) is 0.911. The van der Waals surface area contributed by atoms with E-state index in [9.17, 15) is 9.50 Å². The molecule has 3 nitrogen and oxygen atoms in total. The van der Waals surface area contributed by atoms with Gasteiger partial charge in [-0.15, -0.1) is 0 Å². The van der Waals surface area contributed by atoms with E-state index in [1.807, 2.05) is 0 Å². The molecule has 2 rings (SSSR count). The number of hydrogen-bond acceptors (Lipinski definition) is 3. The van der Waals surface area contributed by atoms with E-state index in [1.165, 1.54) is 6.07 Å². The van der Waals surface area contributed by atoms with Crippen molar-refractivity contribution in [1.29, 1.82) is 0 Å². The first-order valence-corrected chi connectivity index (χ1v) is 6.77. The summed E-state index contributed by atoms with van der Waals surface area (Å²) in [5.41, 5.74) is 0.297. The van der Waals surface area contributed by atoms with Gasteiger partial charge in [0.25, 0.3) is 0 Å². The number of rotatable bonds is 4. The van der Waals surface area contributed by atoms with E-state index in [-0.39, 0.29) is 12.2 Å². The molecule has 1 aliphatic carbocycles. The summed E-state index contributed by atoms with van der Waals surface area (Å²) in [5.74, 6) is 0.0928. The number of methoxy groups -OCH3 is 1. The Labute approximate surface area is 113 Å². The normalized spacial score (nSPS) is 25.1. The minimum atomic E-state index is -0.804. The Morgan fingerprint density at radius 1 is 1.32 bits per heavy atom. The maximum atomic E-state index is 13.7. The second-order valence-electron chi connectivity index (χ2n) is 5.12. The van der Waals surface area contributed by atoms with Gasteiger partial charge in [-0.2, -0.15) is 0 Å². The Balaban J connectivity index is 2.01. The van der Waals surface area contributed by atoms with Gasteiger partial charge in [0.2, 0.25) is 0 Å². The van der Waals surface area contributed by atoms with Gasteiger partial charge in [-0.3, -0.25) is 0 Å². The van der Waals surface area contributed by atoms with Crippen molar-refractivity contribution in [3.63, 3.8) is 0 Å². The molecule has 1 saturated carbocycles. The van der Waals surface area contributed by atoms with Crippen LogP contribution in [0.25, 0.3) is 0 Å². The highest BCUT2D eigenvalue weighted by Gasteiger charge is 2.23. The molecular weight excluding hydrogens is 247 g/mol. The van der Waals surface area contributed by atoms with Gasteiger partial charge >= 0.3 is 0 Å². The molecule has 0 heterocycles. The van der Waals surface area contributed by atoms with Crippen LogP contribution in [0.1, 0.15) is 44.3 Å². The lowest BCUT2D eigenvalue weighted by Crippen LogP contribution is -2.29. The predicted octanol–water partition coefficient (Wildman–Crippen LogP) is 3.22. The molecule has 106 valence electrons. The molecule has 19 heavy (non-hydrogen) atoms. The predicted molar refractivity (Wildman–Crippen MR) is 70.7 cm³/mol. The Morgan fingerprint density at radius 3 is 2.68 bits per heavy atom.